The first kappa shape index (κ1) is 13.2. The van der Waals surface area contributed by atoms with E-state index < -0.39 is 11.9 Å². The molecule has 7 nitrogen and oxygen atoms in total. The average Bonchev–Trinajstić information content (AvgIpc) is 3.06. The van der Waals surface area contributed by atoms with E-state index in [4.69, 9.17) is 0 Å². The summed E-state index contributed by atoms with van der Waals surface area (Å²) in [4.78, 5) is 21.4. The summed E-state index contributed by atoms with van der Waals surface area (Å²) >= 11 is 0. The number of pyridine rings is 1. The highest BCUT2D eigenvalue weighted by molar-refractivity contribution is 5.93. The minimum Gasteiger partial charge on any atom is -0.343 e. The highest BCUT2D eigenvalue weighted by atomic mass is 19.1. The number of rotatable bonds is 3. The topological polar surface area (TPSA) is 76.5 Å². The Morgan fingerprint density at radius 3 is 3.05 bits per heavy atom. The van der Waals surface area contributed by atoms with Crippen LogP contribution in [-0.4, -0.2) is 37.4 Å². The van der Waals surface area contributed by atoms with E-state index in [0.717, 1.165) is 5.56 Å². The third-order valence-corrected chi connectivity index (χ3v) is 3.06. The summed E-state index contributed by atoms with van der Waals surface area (Å²) in [5.41, 5.74) is 1.10. The first-order valence-corrected chi connectivity index (χ1v) is 6.21. The second-order valence-electron chi connectivity index (χ2n) is 4.69. The number of carbonyl (C=O) groups is 1. The molecule has 0 N–H and O–H groups in total. The van der Waals surface area contributed by atoms with Crippen molar-refractivity contribution in [3.05, 3.63) is 47.8 Å². The van der Waals surface area contributed by atoms with Crippen LogP contribution in [0.3, 0.4) is 0 Å². The zero-order chi connectivity index (χ0) is 15.0. The Kier molecular flexibility index (Phi) is 3.13. The first-order valence-electron chi connectivity index (χ1n) is 6.21. The van der Waals surface area contributed by atoms with Crippen molar-refractivity contribution in [2.45, 2.75) is 13.5 Å². The molecule has 1 amide bonds. The second-order valence-corrected chi connectivity index (χ2v) is 4.69. The molecule has 0 atom stereocenters. The normalized spacial score (nSPS) is 11.0. The number of hydrogen-bond donors (Lipinski definition) is 0. The molecule has 0 radical (unpaired) electrons. The molecule has 0 saturated heterocycles. The summed E-state index contributed by atoms with van der Waals surface area (Å²) < 4.78 is 20.1. The Labute approximate surface area is 119 Å². The average molecular weight is 289 g/mol. The van der Waals surface area contributed by atoms with Crippen LogP contribution in [0.4, 0.5) is 4.39 Å². The monoisotopic (exact) mass is 289 g/mol. The van der Waals surface area contributed by atoms with Crippen molar-refractivity contribution in [2.24, 2.45) is 0 Å². The number of hydrogen-bond acceptors (Lipinski definition) is 5. The summed E-state index contributed by atoms with van der Waals surface area (Å²) in [5, 5.41) is 3.61. The molecule has 3 rings (SSSR count). The summed E-state index contributed by atoms with van der Waals surface area (Å²) in [5.74, 6) is -0.889. The van der Waals surface area contributed by atoms with Crippen molar-refractivity contribution in [3.63, 3.8) is 0 Å². The molecule has 3 aromatic rings. The summed E-state index contributed by atoms with van der Waals surface area (Å²) in [6.45, 7) is 1.98. The molecule has 0 spiro atoms. The van der Waals surface area contributed by atoms with Gasteiger partial charge in [-0.1, -0.05) is 5.16 Å². The van der Waals surface area contributed by atoms with Gasteiger partial charge in [-0.05, 0) is 24.6 Å². The van der Waals surface area contributed by atoms with Crippen LogP contribution in [0, 0.1) is 12.9 Å². The van der Waals surface area contributed by atoms with E-state index in [0.29, 0.717) is 11.5 Å². The fourth-order valence-electron chi connectivity index (χ4n) is 1.98. The number of amides is 1. The maximum absolute atomic E-state index is 14.3. The van der Waals surface area contributed by atoms with E-state index >= 15 is 0 Å². The van der Waals surface area contributed by atoms with Gasteiger partial charge in [0.2, 0.25) is 12.3 Å². The Morgan fingerprint density at radius 1 is 1.52 bits per heavy atom. The van der Waals surface area contributed by atoms with Crippen molar-refractivity contribution in [3.8, 4) is 0 Å². The zero-order valence-electron chi connectivity index (χ0n) is 11.4. The zero-order valence-corrected chi connectivity index (χ0v) is 11.4. The van der Waals surface area contributed by atoms with Crippen LogP contribution in [0.5, 0.6) is 0 Å². The van der Waals surface area contributed by atoms with E-state index in [2.05, 4.69) is 19.6 Å². The van der Waals surface area contributed by atoms with Crippen LogP contribution in [0.15, 0.2) is 29.2 Å². The van der Waals surface area contributed by atoms with Crippen LogP contribution in [0.1, 0.15) is 21.9 Å². The molecule has 3 heterocycles. The Bertz CT molecular complexity index is 796. The second kappa shape index (κ2) is 4.97. The smallest absolute Gasteiger partial charge is 0.277 e. The lowest BCUT2D eigenvalue weighted by Crippen LogP contribution is -2.27. The molecule has 3 aromatic heterocycles. The molecule has 0 aliphatic carbocycles. The fourth-order valence-corrected chi connectivity index (χ4v) is 1.98. The number of aromatic nitrogens is 4. The van der Waals surface area contributed by atoms with Crippen molar-refractivity contribution in [2.75, 3.05) is 7.05 Å². The highest BCUT2D eigenvalue weighted by Gasteiger charge is 2.23. The number of halogens is 1. The van der Waals surface area contributed by atoms with Gasteiger partial charge in [-0.3, -0.25) is 9.20 Å². The highest BCUT2D eigenvalue weighted by Crippen LogP contribution is 2.14. The van der Waals surface area contributed by atoms with Crippen molar-refractivity contribution < 1.29 is 13.7 Å². The third kappa shape index (κ3) is 2.35. The molecular weight excluding hydrogens is 277 g/mol. The van der Waals surface area contributed by atoms with Crippen LogP contribution in [0.2, 0.25) is 0 Å². The molecule has 21 heavy (non-hydrogen) atoms. The van der Waals surface area contributed by atoms with E-state index in [1.807, 2.05) is 6.92 Å². The molecule has 0 aliphatic rings. The largest absolute Gasteiger partial charge is 0.343 e. The predicted octanol–water partition coefficient (Wildman–Crippen LogP) is 1.44. The third-order valence-electron chi connectivity index (χ3n) is 3.06. The maximum Gasteiger partial charge on any atom is 0.277 e. The van der Waals surface area contributed by atoms with Gasteiger partial charge < -0.3 is 9.42 Å². The quantitative estimate of drug-likeness (QED) is 0.729. The number of aryl methyl sites for hydroxylation is 1. The molecule has 108 valence electrons. The molecule has 0 aromatic carbocycles. The van der Waals surface area contributed by atoms with Gasteiger partial charge in [0.15, 0.2) is 11.5 Å². The number of carbonyl (C=O) groups excluding carboxylic acids is 1. The Hall–Kier alpha value is -2.77. The Balaban J connectivity index is 1.92. The molecular formula is C13H12FN5O2. The summed E-state index contributed by atoms with van der Waals surface area (Å²) in [6, 6.07) is 3.45. The van der Waals surface area contributed by atoms with Crippen LogP contribution in [-0.2, 0) is 6.54 Å². The predicted molar refractivity (Wildman–Crippen MR) is 70.0 cm³/mol. The molecule has 0 bridgehead atoms. The van der Waals surface area contributed by atoms with Crippen LogP contribution < -0.4 is 0 Å². The minimum absolute atomic E-state index is 0.113. The summed E-state index contributed by atoms with van der Waals surface area (Å²) in [6.07, 6.45) is 2.71. The van der Waals surface area contributed by atoms with Gasteiger partial charge in [-0.15, -0.1) is 0 Å². The van der Waals surface area contributed by atoms with E-state index in [9.17, 15) is 9.18 Å². The van der Waals surface area contributed by atoms with Crippen molar-refractivity contribution in [1.82, 2.24) is 24.4 Å². The van der Waals surface area contributed by atoms with E-state index in [1.165, 1.54) is 22.7 Å². The maximum atomic E-state index is 14.3. The minimum atomic E-state index is -0.685. The van der Waals surface area contributed by atoms with Gasteiger partial charge in [-0.2, -0.15) is 9.37 Å². The van der Waals surface area contributed by atoms with Crippen molar-refractivity contribution in [1.29, 1.82) is 0 Å². The standard InChI is InChI=1S/C13H12FN5O2/c1-8-3-4-19-10(5-8)16-11(12(19)14)13(20)18(2)6-9-15-7-21-17-9/h3-5,7H,6H2,1-2H3. The van der Waals surface area contributed by atoms with E-state index in [-0.39, 0.29) is 12.2 Å². The van der Waals surface area contributed by atoms with Gasteiger partial charge in [0.05, 0.1) is 6.54 Å². The lowest BCUT2D eigenvalue weighted by atomic mass is 10.3. The number of imidazole rings is 1. The molecule has 0 saturated carbocycles. The first-order chi connectivity index (χ1) is 10.1. The van der Waals surface area contributed by atoms with Gasteiger partial charge >= 0.3 is 0 Å². The number of fused-ring (bicyclic) bond motifs is 1. The van der Waals surface area contributed by atoms with Gasteiger partial charge in [0, 0.05) is 13.2 Å². The van der Waals surface area contributed by atoms with Gasteiger partial charge in [0.25, 0.3) is 5.91 Å². The lowest BCUT2D eigenvalue weighted by molar-refractivity contribution is 0.0770. The Morgan fingerprint density at radius 2 is 2.33 bits per heavy atom. The summed E-state index contributed by atoms with van der Waals surface area (Å²) in [7, 11) is 1.52. The molecule has 8 heteroatoms. The fraction of sp³-hybridized carbons (Fsp3) is 0.231. The van der Waals surface area contributed by atoms with E-state index in [1.54, 1.807) is 18.3 Å². The lowest BCUT2D eigenvalue weighted by Gasteiger charge is -2.12. The molecule has 0 fully saturated rings. The van der Waals surface area contributed by atoms with Crippen LogP contribution >= 0.6 is 0 Å². The van der Waals surface area contributed by atoms with Gasteiger partial charge in [0.1, 0.15) is 5.65 Å². The van der Waals surface area contributed by atoms with Crippen molar-refractivity contribution >= 4 is 11.6 Å². The molecule has 0 aliphatic heterocycles. The molecule has 0 unspecified atom stereocenters. The SMILES string of the molecule is Cc1ccn2c(F)c(C(=O)N(C)Cc3ncon3)nc2c1. The van der Waals surface area contributed by atoms with Crippen LogP contribution in [0.25, 0.3) is 5.65 Å². The van der Waals surface area contributed by atoms with Gasteiger partial charge in [-0.25, -0.2) is 4.98 Å². The number of nitrogens with zero attached hydrogens (tertiary/aromatic N) is 5.